The SMILES string of the molecule is C[CH-]C.C[CH-]C.C[CH-]C.[C-]1=CC=CC1.[Ti+4]. The number of rotatable bonds is 0. The van der Waals surface area contributed by atoms with Crippen molar-refractivity contribution in [1.82, 2.24) is 0 Å². The summed E-state index contributed by atoms with van der Waals surface area (Å²) in [6.07, 6.45) is 16.0. The van der Waals surface area contributed by atoms with E-state index in [2.05, 4.69) is 12.2 Å². The molecule has 0 N–H and O–H groups in total. The molecule has 1 aliphatic carbocycles. The third-order valence-corrected chi connectivity index (χ3v) is 0.586. The predicted octanol–water partition coefficient (Wildman–Crippen LogP) is 4.99. The molecule has 1 aliphatic rings. The fraction of sp³-hybridized carbons (Fsp3) is 0.500. The van der Waals surface area contributed by atoms with E-state index in [-0.39, 0.29) is 21.7 Å². The van der Waals surface area contributed by atoms with Gasteiger partial charge in [-0.2, -0.15) is 47.6 Å². The summed E-state index contributed by atoms with van der Waals surface area (Å²) in [5.74, 6) is 0. The van der Waals surface area contributed by atoms with E-state index in [0.29, 0.717) is 0 Å². The molecule has 0 atom stereocenters. The fourth-order valence-electron chi connectivity index (χ4n) is 0.340. The fourth-order valence-corrected chi connectivity index (χ4v) is 0.340. The molecule has 0 aliphatic heterocycles. The van der Waals surface area contributed by atoms with Gasteiger partial charge in [-0.05, 0) is 0 Å². The van der Waals surface area contributed by atoms with Crippen molar-refractivity contribution in [2.24, 2.45) is 0 Å². The maximum absolute atomic E-state index is 2.99. The standard InChI is InChI=1S/C5H5.3C3H7.Ti/c1-2-4-5-3-1;3*1-3-2;/h1-3H,4H2;3*3H,1-2H3;/q4*-1;+4. The van der Waals surface area contributed by atoms with Crippen molar-refractivity contribution in [2.45, 2.75) is 48.0 Å². The van der Waals surface area contributed by atoms with Crippen LogP contribution in [0.15, 0.2) is 18.2 Å². The third kappa shape index (κ3) is 78.2. The molecule has 1 rings (SSSR count). The molecule has 0 nitrogen and oxygen atoms in total. The Balaban J connectivity index is -0.0000000550. The minimum atomic E-state index is 0. The van der Waals surface area contributed by atoms with Gasteiger partial charge in [0.05, 0.1) is 0 Å². The van der Waals surface area contributed by atoms with Crippen LogP contribution in [-0.4, -0.2) is 0 Å². The Morgan fingerprint density at radius 3 is 1.27 bits per heavy atom. The average Bonchev–Trinajstić information content (AvgIpc) is 2.63. The first-order chi connectivity index (χ1) is 6.74. The van der Waals surface area contributed by atoms with Crippen LogP contribution in [0, 0.1) is 25.3 Å². The molecular weight excluding hydrogens is 216 g/mol. The molecule has 0 saturated carbocycles. The first kappa shape index (κ1) is 24.4. The molecule has 0 heterocycles. The maximum Gasteiger partial charge on any atom is 4.00 e. The number of allylic oxidation sites excluding steroid dienone is 4. The van der Waals surface area contributed by atoms with Crippen LogP contribution in [0.5, 0.6) is 0 Å². The molecule has 0 spiro atoms. The van der Waals surface area contributed by atoms with Gasteiger partial charge in [0.2, 0.25) is 0 Å². The summed E-state index contributed by atoms with van der Waals surface area (Å²) < 4.78 is 0. The molecule has 0 saturated heterocycles. The van der Waals surface area contributed by atoms with Crippen LogP contribution in [0.25, 0.3) is 0 Å². The van der Waals surface area contributed by atoms with Gasteiger partial charge in [-0.3, -0.25) is 6.08 Å². The second-order valence-corrected chi connectivity index (χ2v) is 2.74. The summed E-state index contributed by atoms with van der Waals surface area (Å²) >= 11 is 0. The van der Waals surface area contributed by atoms with Crippen LogP contribution >= 0.6 is 0 Å². The van der Waals surface area contributed by atoms with Gasteiger partial charge in [0.15, 0.2) is 0 Å². The first-order valence-corrected chi connectivity index (χ1v) is 5.18. The summed E-state index contributed by atoms with van der Waals surface area (Å²) in [6, 6.07) is 0. The Kier molecular flexibility index (Phi) is 59.9. The third-order valence-electron chi connectivity index (χ3n) is 0.586. The van der Waals surface area contributed by atoms with Crippen molar-refractivity contribution in [3.8, 4) is 0 Å². The number of hydrogen-bond donors (Lipinski definition) is 0. The van der Waals surface area contributed by atoms with Gasteiger partial charge in [0.1, 0.15) is 0 Å². The van der Waals surface area contributed by atoms with Crippen molar-refractivity contribution in [3.63, 3.8) is 0 Å². The van der Waals surface area contributed by atoms with Crippen LogP contribution < -0.4 is 0 Å². The van der Waals surface area contributed by atoms with E-state index in [1.54, 1.807) is 0 Å². The van der Waals surface area contributed by atoms with Crippen molar-refractivity contribution < 1.29 is 21.7 Å². The average molecular weight is 242 g/mol. The van der Waals surface area contributed by atoms with Gasteiger partial charge in [0, 0.05) is 0 Å². The molecule has 0 fully saturated rings. The van der Waals surface area contributed by atoms with Crippen LogP contribution in [0.4, 0.5) is 0 Å². The zero-order valence-corrected chi connectivity index (χ0v) is 12.7. The van der Waals surface area contributed by atoms with Crippen molar-refractivity contribution in [2.75, 3.05) is 0 Å². The molecule has 0 unspecified atom stereocenters. The summed E-state index contributed by atoms with van der Waals surface area (Å²) in [5, 5.41) is 0. The minimum Gasteiger partial charge on any atom is -0.335 e. The van der Waals surface area contributed by atoms with Crippen LogP contribution in [0.3, 0.4) is 0 Å². The van der Waals surface area contributed by atoms with E-state index in [0.717, 1.165) is 6.42 Å². The molecule has 15 heavy (non-hydrogen) atoms. The summed E-state index contributed by atoms with van der Waals surface area (Å²) in [6.45, 7) is 12.0. The molecule has 0 aromatic carbocycles. The number of hydrogen-bond acceptors (Lipinski definition) is 0. The molecule has 86 valence electrons. The van der Waals surface area contributed by atoms with E-state index >= 15 is 0 Å². The molecular formula is C14H26Ti. The molecule has 0 bridgehead atoms. The molecule has 0 radical (unpaired) electrons. The van der Waals surface area contributed by atoms with E-state index in [1.807, 2.05) is 73.0 Å². The monoisotopic (exact) mass is 242 g/mol. The Bertz CT molecular complexity index is 89.2. The maximum atomic E-state index is 2.99. The molecule has 0 amide bonds. The molecule has 0 aromatic rings. The van der Waals surface area contributed by atoms with Gasteiger partial charge < -0.3 is 19.3 Å². The predicted molar refractivity (Wildman–Crippen MR) is 68.5 cm³/mol. The van der Waals surface area contributed by atoms with E-state index in [1.165, 1.54) is 0 Å². The van der Waals surface area contributed by atoms with Gasteiger partial charge >= 0.3 is 21.7 Å². The Hall–Kier alpha value is 0.194. The topological polar surface area (TPSA) is 0 Å². The Labute approximate surface area is 113 Å². The second kappa shape index (κ2) is 36.8. The quantitative estimate of drug-likeness (QED) is 0.414. The normalized spacial score (nSPS) is 9.47. The van der Waals surface area contributed by atoms with E-state index in [9.17, 15) is 0 Å². The van der Waals surface area contributed by atoms with Gasteiger partial charge in [-0.1, -0.05) is 0 Å². The van der Waals surface area contributed by atoms with Gasteiger partial charge in [0.25, 0.3) is 0 Å². The summed E-state index contributed by atoms with van der Waals surface area (Å²) in [5.41, 5.74) is 0. The largest absolute Gasteiger partial charge is 4.00 e. The van der Waals surface area contributed by atoms with Gasteiger partial charge in [-0.15, -0.1) is 6.42 Å². The zero-order valence-electron chi connectivity index (χ0n) is 11.2. The van der Waals surface area contributed by atoms with Gasteiger partial charge in [-0.25, -0.2) is 12.2 Å². The zero-order chi connectivity index (χ0) is 11.7. The first-order valence-electron chi connectivity index (χ1n) is 5.18. The van der Waals surface area contributed by atoms with Crippen LogP contribution in [0.2, 0.25) is 0 Å². The van der Waals surface area contributed by atoms with Crippen molar-refractivity contribution in [1.29, 1.82) is 0 Å². The molecule has 1 heteroatoms. The van der Waals surface area contributed by atoms with Crippen molar-refractivity contribution in [3.05, 3.63) is 43.6 Å². The van der Waals surface area contributed by atoms with E-state index < -0.39 is 0 Å². The summed E-state index contributed by atoms with van der Waals surface area (Å²) in [4.78, 5) is 0. The van der Waals surface area contributed by atoms with Crippen LogP contribution in [-0.2, 0) is 21.7 Å². The van der Waals surface area contributed by atoms with Crippen LogP contribution in [0.1, 0.15) is 48.0 Å². The minimum absolute atomic E-state index is 0. The Morgan fingerprint density at radius 1 is 0.867 bits per heavy atom. The van der Waals surface area contributed by atoms with Crippen molar-refractivity contribution >= 4 is 0 Å². The second-order valence-electron chi connectivity index (χ2n) is 2.74. The smallest absolute Gasteiger partial charge is 0.335 e. The summed E-state index contributed by atoms with van der Waals surface area (Å²) in [7, 11) is 0. The molecule has 0 aromatic heterocycles. The van der Waals surface area contributed by atoms with E-state index in [4.69, 9.17) is 0 Å². The Morgan fingerprint density at radius 2 is 1.20 bits per heavy atom.